The predicted molar refractivity (Wildman–Crippen MR) is 92.4 cm³/mol. The van der Waals surface area contributed by atoms with Crippen LogP contribution in [0.1, 0.15) is 5.56 Å². The summed E-state index contributed by atoms with van der Waals surface area (Å²) in [5.41, 5.74) is 9.49. The average Bonchev–Trinajstić information content (AvgIpc) is 2.99. The number of aromatic nitrogens is 1. The summed E-state index contributed by atoms with van der Waals surface area (Å²) in [5.74, 6) is 0. The molecule has 1 saturated heterocycles. The minimum absolute atomic E-state index is 0.699. The van der Waals surface area contributed by atoms with Crippen LogP contribution >= 0.6 is 0 Å². The van der Waals surface area contributed by atoms with Gasteiger partial charge >= 0.3 is 0 Å². The molecule has 0 radical (unpaired) electrons. The van der Waals surface area contributed by atoms with Crippen LogP contribution in [0, 0.1) is 0 Å². The van der Waals surface area contributed by atoms with Crippen LogP contribution in [0.25, 0.3) is 11.1 Å². The highest BCUT2D eigenvalue weighted by Gasteiger charge is 2.21. The zero-order valence-corrected chi connectivity index (χ0v) is 13.0. The maximum atomic E-state index is 5.86. The number of piperazine rings is 1. The Labute approximate surface area is 135 Å². The van der Waals surface area contributed by atoms with Crippen molar-refractivity contribution in [2.24, 2.45) is 0 Å². The molecule has 3 aromatic rings. The van der Waals surface area contributed by atoms with E-state index in [1.807, 2.05) is 18.2 Å². The molecule has 5 nitrogen and oxygen atoms in total. The first-order valence-electron chi connectivity index (χ1n) is 7.95. The monoisotopic (exact) mass is 308 g/mol. The number of rotatable bonds is 3. The summed E-state index contributed by atoms with van der Waals surface area (Å²) in [6, 6.07) is 16.9. The molecule has 1 fully saturated rings. The quantitative estimate of drug-likeness (QED) is 0.754. The lowest BCUT2D eigenvalue weighted by Gasteiger charge is -2.33. The molecule has 4 rings (SSSR count). The number of fused-ring (bicyclic) bond motifs is 1. The van der Waals surface area contributed by atoms with Gasteiger partial charge in [-0.25, -0.2) is 0 Å². The molecule has 0 unspecified atom stereocenters. The summed E-state index contributed by atoms with van der Waals surface area (Å²) in [6.07, 6.45) is 0. The number of hydrogen-bond acceptors (Lipinski definition) is 5. The molecule has 0 aliphatic carbocycles. The number of nitrogens with two attached hydrogens (primary N) is 1. The molecule has 1 aliphatic heterocycles. The SMILES string of the molecule is Nc1ccc2oc(N3CCN(Cc4ccccc4)CC3)nc2c1. The minimum Gasteiger partial charge on any atom is -0.423 e. The van der Waals surface area contributed by atoms with Crippen LogP contribution in [0.15, 0.2) is 52.9 Å². The van der Waals surface area contributed by atoms with E-state index in [4.69, 9.17) is 10.2 Å². The van der Waals surface area contributed by atoms with Crippen LogP contribution in [-0.2, 0) is 6.54 Å². The van der Waals surface area contributed by atoms with Crippen molar-refractivity contribution in [3.05, 3.63) is 54.1 Å². The lowest BCUT2D eigenvalue weighted by Crippen LogP contribution is -2.46. The standard InChI is InChI=1S/C18H20N4O/c19-15-6-7-17-16(12-15)20-18(23-17)22-10-8-21(9-11-22)13-14-4-2-1-3-5-14/h1-7,12H,8-11,13,19H2. The number of nitrogens with zero attached hydrogens (tertiary/aromatic N) is 3. The fraction of sp³-hybridized carbons (Fsp3) is 0.278. The van der Waals surface area contributed by atoms with Gasteiger partial charge in [-0.2, -0.15) is 4.98 Å². The summed E-state index contributed by atoms with van der Waals surface area (Å²) < 4.78 is 5.86. The maximum Gasteiger partial charge on any atom is 0.298 e. The van der Waals surface area contributed by atoms with Gasteiger partial charge in [-0.1, -0.05) is 30.3 Å². The highest BCUT2D eigenvalue weighted by molar-refractivity contribution is 5.78. The van der Waals surface area contributed by atoms with E-state index in [1.165, 1.54) is 5.56 Å². The van der Waals surface area contributed by atoms with Gasteiger partial charge in [-0.15, -0.1) is 0 Å². The molecule has 0 bridgehead atoms. The average molecular weight is 308 g/mol. The fourth-order valence-corrected chi connectivity index (χ4v) is 3.01. The molecule has 1 aromatic heterocycles. The molecular weight excluding hydrogens is 288 g/mol. The van der Waals surface area contributed by atoms with Gasteiger partial charge in [0.25, 0.3) is 6.01 Å². The van der Waals surface area contributed by atoms with Crippen LogP contribution in [0.4, 0.5) is 11.7 Å². The van der Waals surface area contributed by atoms with E-state index in [0.717, 1.165) is 43.8 Å². The predicted octanol–water partition coefficient (Wildman–Crippen LogP) is 2.73. The smallest absolute Gasteiger partial charge is 0.298 e. The topological polar surface area (TPSA) is 58.5 Å². The molecule has 2 heterocycles. The maximum absolute atomic E-state index is 5.86. The van der Waals surface area contributed by atoms with E-state index in [1.54, 1.807) is 0 Å². The highest BCUT2D eigenvalue weighted by atomic mass is 16.4. The van der Waals surface area contributed by atoms with E-state index in [9.17, 15) is 0 Å². The van der Waals surface area contributed by atoms with Crippen molar-refractivity contribution in [2.45, 2.75) is 6.54 Å². The number of hydrogen-bond donors (Lipinski definition) is 1. The molecule has 118 valence electrons. The van der Waals surface area contributed by atoms with Gasteiger partial charge in [0, 0.05) is 38.4 Å². The van der Waals surface area contributed by atoms with Crippen molar-refractivity contribution in [1.82, 2.24) is 9.88 Å². The second kappa shape index (κ2) is 5.93. The fourth-order valence-electron chi connectivity index (χ4n) is 3.01. The Hall–Kier alpha value is -2.53. The van der Waals surface area contributed by atoms with Gasteiger partial charge in [0.15, 0.2) is 5.58 Å². The van der Waals surface area contributed by atoms with Crippen LogP contribution in [-0.4, -0.2) is 36.1 Å². The molecule has 0 spiro atoms. The first kappa shape index (κ1) is 14.1. The largest absolute Gasteiger partial charge is 0.423 e. The van der Waals surface area contributed by atoms with Crippen LogP contribution in [0.3, 0.4) is 0 Å². The summed E-state index contributed by atoms with van der Waals surface area (Å²) in [5, 5.41) is 0. The summed E-state index contributed by atoms with van der Waals surface area (Å²) >= 11 is 0. The lowest BCUT2D eigenvalue weighted by molar-refractivity contribution is 0.245. The number of oxazole rings is 1. The Bertz CT molecular complexity index is 791. The minimum atomic E-state index is 0.699. The molecule has 1 aliphatic rings. The lowest BCUT2D eigenvalue weighted by atomic mass is 10.2. The van der Waals surface area contributed by atoms with Crippen molar-refractivity contribution < 1.29 is 4.42 Å². The van der Waals surface area contributed by atoms with E-state index >= 15 is 0 Å². The van der Waals surface area contributed by atoms with Gasteiger partial charge in [-0.05, 0) is 23.8 Å². The van der Waals surface area contributed by atoms with Crippen molar-refractivity contribution >= 4 is 22.8 Å². The van der Waals surface area contributed by atoms with E-state index in [0.29, 0.717) is 11.7 Å². The third kappa shape index (κ3) is 3.00. The van der Waals surface area contributed by atoms with E-state index in [-0.39, 0.29) is 0 Å². The van der Waals surface area contributed by atoms with Gasteiger partial charge < -0.3 is 15.1 Å². The second-order valence-electron chi connectivity index (χ2n) is 5.97. The van der Waals surface area contributed by atoms with E-state index < -0.39 is 0 Å². The molecule has 0 atom stereocenters. The van der Waals surface area contributed by atoms with Gasteiger partial charge in [0.05, 0.1) is 0 Å². The van der Waals surface area contributed by atoms with Crippen molar-refractivity contribution in [1.29, 1.82) is 0 Å². The summed E-state index contributed by atoms with van der Waals surface area (Å²) in [6.45, 7) is 4.87. The molecular formula is C18H20N4O. The Morgan fingerprint density at radius 2 is 1.78 bits per heavy atom. The zero-order chi connectivity index (χ0) is 15.6. The zero-order valence-electron chi connectivity index (χ0n) is 13.0. The van der Waals surface area contributed by atoms with Gasteiger partial charge in [0.2, 0.25) is 0 Å². The molecule has 2 N–H and O–H groups in total. The molecule has 0 saturated carbocycles. The molecule has 5 heteroatoms. The third-order valence-corrected chi connectivity index (χ3v) is 4.29. The number of anilines is 2. The van der Waals surface area contributed by atoms with Crippen LogP contribution in [0.2, 0.25) is 0 Å². The molecule has 2 aromatic carbocycles. The normalized spacial score (nSPS) is 16.1. The Morgan fingerprint density at radius 3 is 2.57 bits per heavy atom. The Kier molecular flexibility index (Phi) is 3.63. The van der Waals surface area contributed by atoms with Crippen LogP contribution < -0.4 is 10.6 Å². The molecule has 23 heavy (non-hydrogen) atoms. The van der Waals surface area contributed by atoms with Gasteiger partial charge in [0.1, 0.15) is 5.52 Å². The summed E-state index contributed by atoms with van der Waals surface area (Å²) in [7, 11) is 0. The van der Waals surface area contributed by atoms with Gasteiger partial charge in [-0.3, -0.25) is 4.90 Å². The van der Waals surface area contributed by atoms with Crippen LogP contribution in [0.5, 0.6) is 0 Å². The first-order valence-corrected chi connectivity index (χ1v) is 7.95. The number of nitrogen functional groups attached to an aromatic ring is 1. The Morgan fingerprint density at radius 1 is 1.00 bits per heavy atom. The summed E-state index contributed by atoms with van der Waals surface area (Å²) in [4.78, 5) is 9.24. The van der Waals surface area contributed by atoms with E-state index in [2.05, 4.69) is 45.1 Å². The highest BCUT2D eigenvalue weighted by Crippen LogP contribution is 2.24. The Balaban J connectivity index is 1.42. The second-order valence-corrected chi connectivity index (χ2v) is 5.97. The van der Waals surface area contributed by atoms with Crippen molar-refractivity contribution in [2.75, 3.05) is 36.8 Å². The molecule has 0 amide bonds. The van der Waals surface area contributed by atoms with Crippen molar-refractivity contribution in [3.63, 3.8) is 0 Å². The van der Waals surface area contributed by atoms with Crippen molar-refractivity contribution in [3.8, 4) is 0 Å². The number of benzene rings is 2. The first-order chi connectivity index (χ1) is 11.3. The third-order valence-electron chi connectivity index (χ3n) is 4.29.